The van der Waals surface area contributed by atoms with Crippen molar-refractivity contribution in [2.75, 3.05) is 57.4 Å². The van der Waals surface area contributed by atoms with Crippen LogP contribution in [0.4, 0.5) is 5.69 Å². The Morgan fingerprint density at radius 2 is 1.81 bits per heavy atom. The molecule has 2 fully saturated rings. The molecule has 2 amide bonds. The number of sulfonamides is 1. The number of morpholine rings is 1. The molecule has 0 radical (unpaired) electrons. The van der Waals surface area contributed by atoms with Gasteiger partial charge in [-0.1, -0.05) is 13.8 Å². The van der Waals surface area contributed by atoms with Crippen LogP contribution in [-0.4, -0.2) is 82.0 Å². The number of amides is 2. The van der Waals surface area contributed by atoms with Gasteiger partial charge in [0.05, 0.1) is 23.8 Å². The average Bonchev–Trinajstić information content (AvgIpc) is 2.75. The van der Waals surface area contributed by atoms with E-state index < -0.39 is 10.0 Å². The van der Waals surface area contributed by atoms with Gasteiger partial charge in [-0.25, -0.2) is 8.42 Å². The summed E-state index contributed by atoms with van der Waals surface area (Å²) in [5.41, 5.74) is 0.317. The van der Waals surface area contributed by atoms with Crippen molar-refractivity contribution in [3.05, 3.63) is 18.2 Å². The predicted octanol–water partition coefficient (Wildman–Crippen LogP) is 0.937. The Bertz CT molecular complexity index is 950. The van der Waals surface area contributed by atoms with Gasteiger partial charge in [0, 0.05) is 26.2 Å². The number of likely N-dealkylation sites (tertiary alicyclic amines) is 1. The summed E-state index contributed by atoms with van der Waals surface area (Å²) in [6.07, 6.45) is 1.08. The summed E-state index contributed by atoms with van der Waals surface area (Å²) < 4.78 is 38.2. The van der Waals surface area contributed by atoms with E-state index in [1.807, 2.05) is 0 Å². The molecule has 0 spiro atoms. The fraction of sp³-hybridized carbons (Fsp3) is 0.619. The van der Waals surface area contributed by atoms with Crippen molar-refractivity contribution in [1.29, 1.82) is 0 Å². The number of hydrogen-bond acceptors (Lipinski definition) is 6. The monoisotopic (exact) mass is 451 g/mol. The number of hydrogen-bond donors (Lipinski definition) is 0. The first-order chi connectivity index (χ1) is 14.8. The molecule has 0 bridgehead atoms. The van der Waals surface area contributed by atoms with Crippen LogP contribution in [0, 0.1) is 11.8 Å². The molecule has 2 unspecified atom stereocenters. The fourth-order valence-corrected chi connectivity index (χ4v) is 5.98. The molecule has 1 aromatic carbocycles. The number of carbonyl (C=O) groups excluding carboxylic acids is 2. The second kappa shape index (κ2) is 8.76. The quantitative estimate of drug-likeness (QED) is 0.676. The Morgan fingerprint density at radius 3 is 2.48 bits per heavy atom. The number of piperidine rings is 1. The minimum absolute atomic E-state index is 0.0733. The van der Waals surface area contributed by atoms with Crippen molar-refractivity contribution in [1.82, 2.24) is 9.21 Å². The Balaban J connectivity index is 1.59. The average molecular weight is 452 g/mol. The van der Waals surface area contributed by atoms with Crippen LogP contribution in [0.2, 0.25) is 0 Å². The maximum absolute atomic E-state index is 13.1. The minimum atomic E-state index is -3.74. The summed E-state index contributed by atoms with van der Waals surface area (Å²) in [7, 11) is -3.74. The highest BCUT2D eigenvalue weighted by Crippen LogP contribution is 2.35. The van der Waals surface area contributed by atoms with Crippen molar-refractivity contribution >= 4 is 27.5 Å². The number of benzene rings is 1. The van der Waals surface area contributed by atoms with Gasteiger partial charge in [0.15, 0.2) is 6.61 Å². The summed E-state index contributed by atoms with van der Waals surface area (Å²) in [5, 5.41) is 0. The number of fused-ring (bicyclic) bond motifs is 1. The molecule has 4 rings (SSSR count). The number of nitrogens with zero attached hydrogens (tertiary/aromatic N) is 3. The Morgan fingerprint density at radius 1 is 1.13 bits per heavy atom. The largest absolute Gasteiger partial charge is 0.482 e. The van der Waals surface area contributed by atoms with Gasteiger partial charge in [-0.15, -0.1) is 0 Å². The van der Waals surface area contributed by atoms with Gasteiger partial charge in [-0.2, -0.15) is 4.31 Å². The lowest BCUT2D eigenvalue weighted by atomic mass is 9.92. The molecule has 0 saturated carbocycles. The van der Waals surface area contributed by atoms with E-state index in [-0.39, 0.29) is 43.0 Å². The Hall–Kier alpha value is -2.17. The Kier molecular flexibility index (Phi) is 6.23. The number of carbonyl (C=O) groups is 2. The van der Waals surface area contributed by atoms with Crippen molar-refractivity contribution in [3.8, 4) is 5.75 Å². The summed E-state index contributed by atoms with van der Waals surface area (Å²) >= 11 is 0. The van der Waals surface area contributed by atoms with E-state index in [0.29, 0.717) is 49.6 Å². The Labute approximate surface area is 182 Å². The molecule has 3 aliphatic heterocycles. The lowest BCUT2D eigenvalue weighted by Gasteiger charge is -2.37. The van der Waals surface area contributed by atoms with Gasteiger partial charge in [0.2, 0.25) is 15.9 Å². The van der Waals surface area contributed by atoms with E-state index in [1.54, 1.807) is 11.0 Å². The van der Waals surface area contributed by atoms with Gasteiger partial charge in [0.1, 0.15) is 12.3 Å². The normalized spacial score (nSPS) is 25.2. The lowest BCUT2D eigenvalue weighted by molar-refractivity contribution is -0.134. The number of rotatable bonds is 4. The molecular formula is C21H29N3O6S. The van der Waals surface area contributed by atoms with Gasteiger partial charge < -0.3 is 14.4 Å². The van der Waals surface area contributed by atoms with Crippen LogP contribution in [-0.2, 0) is 24.3 Å². The van der Waals surface area contributed by atoms with E-state index in [2.05, 4.69) is 13.8 Å². The topological polar surface area (TPSA) is 96.5 Å². The number of ether oxygens (including phenoxy) is 2. The SMILES string of the molecule is CC1CC(C)CN(C(=O)CN2C(=O)COc3ccc(S(=O)(=O)N4CCOCC4)cc32)C1. The summed E-state index contributed by atoms with van der Waals surface area (Å²) in [6, 6.07) is 4.47. The molecule has 0 aliphatic carbocycles. The third-order valence-electron chi connectivity index (χ3n) is 6.00. The summed E-state index contributed by atoms with van der Waals surface area (Å²) in [6.45, 7) is 6.52. The first-order valence-corrected chi connectivity index (χ1v) is 12.1. The van der Waals surface area contributed by atoms with Gasteiger partial charge >= 0.3 is 0 Å². The fourth-order valence-electron chi connectivity index (χ4n) is 4.55. The summed E-state index contributed by atoms with van der Waals surface area (Å²) in [4.78, 5) is 28.8. The maximum atomic E-state index is 13.1. The van der Waals surface area contributed by atoms with Crippen LogP contribution in [0.5, 0.6) is 5.75 Å². The van der Waals surface area contributed by atoms with Crippen LogP contribution in [0.25, 0.3) is 0 Å². The van der Waals surface area contributed by atoms with Gasteiger partial charge in [0.25, 0.3) is 5.91 Å². The molecule has 0 aromatic heterocycles. The van der Waals surface area contributed by atoms with Gasteiger partial charge in [-0.3, -0.25) is 14.5 Å². The van der Waals surface area contributed by atoms with Crippen LogP contribution in [0.3, 0.4) is 0 Å². The second-order valence-electron chi connectivity index (χ2n) is 8.66. The molecule has 0 N–H and O–H groups in total. The van der Waals surface area contributed by atoms with Crippen LogP contribution < -0.4 is 9.64 Å². The van der Waals surface area contributed by atoms with Crippen LogP contribution in [0.1, 0.15) is 20.3 Å². The van der Waals surface area contributed by atoms with Crippen molar-refractivity contribution < 1.29 is 27.5 Å². The summed E-state index contributed by atoms with van der Waals surface area (Å²) in [5.74, 6) is 0.714. The third-order valence-corrected chi connectivity index (χ3v) is 7.89. The van der Waals surface area contributed by atoms with Crippen molar-refractivity contribution in [3.63, 3.8) is 0 Å². The smallest absolute Gasteiger partial charge is 0.265 e. The van der Waals surface area contributed by atoms with E-state index in [9.17, 15) is 18.0 Å². The molecule has 1 aromatic rings. The number of anilines is 1. The highest BCUT2D eigenvalue weighted by atomic mass is 32.2. The zero-order chi connectivity index (χ0) is 22.2. The molecular weight excluding hydrogens is 422 g/mol. The second-order valence-corrected chi connectivity index (χ2v) is 10.6. The molecule has 3 aliphatic rings. The van der Waals surface area contributed by atoms with Crippen molar-refractivity contribution in [2.24, 2.45) is 11.8 Å². The molecule has 2 saturated heterocycles. The van der Waals surface area contributed by atoms with Crippen LogP contribution in [0.15, 0.2) is 23.1 Å². The highest BCUT2D eigenvalue weighted by molar-refractivity contribution is 7.89. The van der Waals surface area contributed by atoms with E-state index >= 15 is 0 Å². The molecule has 10 heteroatoms. The van der Waals surface area contributed by atoms with E-state index in [4.69, 9.17) is 9.47 Å². The van der Waals surface area contributed by atoms with Crippen molar-refractivity contribution in [2.45, 2.75) is 25.2 Å². The molecule has 2 atom stereocenters. The maximum Gasteiger partial charge on any atom is 0.265 e. The predicted molar refractivity (Wildman–Crippen MR) is 113 cm³/mol. The zero-order valence-corrected chi connectivity index (χ0v) is 18.8. The minimum Gasteiger partial charge on any atom is -0.482 e. The van der Waals surface area contributed by atoms with E-state index in [0.717, 1.165) is 6.42 Å². The highest BCUT2D eigenvalue weighted by Gasteiger charge is 2.34. The first kappa shape index (κ1) is 22.0. The first-order valence-electron chi connectivity index (χ1n) is 10.7. The molecule has 3 heterocycles. The molecule has 31 heavy (non-hydrogen) atoms. The standard InChI is InChI=1S/C21H29N3O6S/c1-15-9-16(2)12-22(11-15)20(25)13-24-18-10-17(3-4-19(18)30-14-21(24)26)31(27,28)23-5-7-29-8-6-23/h3-4,10,15-16H,5-9,11-14H2,1-2H3. The van der Waals surface area contributed by atoms with Crippen LogP contribution >= 0.6 is 0 Å². The van der Waals surface area contributed by atoms with E-state index in [1.165, 1.54) is 21.3 Å². The zero-order valence-electron chi connectivity index (χ0n) is 18.0. The van der Waals surface area contributed by atoms with Gasteiger partial charge in [-0.05, 0) is 36.5 Å². The molecule has 9 nitrogen and oxygen atoms in total. The third kappa shape index (κ3) is 4.56. The molecule has 170 valence electrons. The lowest BCUT2D eigenvalue weighted by Crippen LogP contribution is -2.50.